The molecule has 0 radical (unpaired) electrons. The summed E-state index contributed by atoms with van der Waals surface area (Å²) in [4.78, 5) is 37.6. The number of hydrogen-bond acceptors (Lipinski definition) is 6. The minimum Gasteiger partial charge on any atom is -0.376 e. The monoisotopic (exact) mass is 405 g/mol. The molecule has 2 saturated heterocycles. The van der Waals surface area contributed by atoms with E-state index in [1.54, 1.807) is 9.80 Å². The average Bonchev–Trinajstić information content (AvgIpc) is 3.24. The van der Waals surface area contributed by atoms with Crippen molar-refractivity contribution in [1.82, 2.24) is 9.80 Å². The highest BCUT2D eigenvalue weighted by Crippen LogP contribution is 2.20. The molecule has 0 spiro atoms. The van der Waals surface area contributed by atoms with E-state index >= 15 is 0 Å². The van der Waals surface area contributed by atoms with Gasteiger partial charge in [-0.3, -0.25) is 19.6 Å². The molecule has 2 aromatic carbocycles. The van der Waals surface area contributed by atoms with Gasteiger partial charge in [0.1, 0.15) is 12.2 Å². The van der Waals surface area contributed by atoms with E-state index in [4.69, 9.17) is 10.5 Å². The van der Waals surface area contributed by atoms with E-state index in [9.17, 15) is 9.59 Å². The summed E-state index contributed by atoms with van der Waals surface area (Å²) in [5.74, 6) is -0.107. The van der Waals surface area contributed by atoms with E-state index in [-0.39, 0.29) is 25.0 Å². The summed E-state index contributed by atoms with van der Waals surface area (Å²) in [6, 6.07) is 13.6. The number of benzene rings is 2. The molecule has 3 aliphatic heterocycles. The maximum atomic E-state index is 12.9. The molecule has 0 unspecified atom stereocenters. The van der Waals surface area contributed by atoms with E-state index in [1.165, 1.54) is 0 Å². The maximum absolute atomic E-state index is 12.9. The van der Waals surface area contributed by atoms with Crippen molar-refractivity contribution >= 4 is 11.8 Å². The van der Waals surface area contributed by atoms with E-state index in [1.807, 2.05) is 42.5 Å². The summed E-state index contributed by atoms with van der Waals surface area (Å²) in [6.45, 7) is 3.01. The normalized spacial score (nSPS) is 19.4. The minimum absolute atomic E-state index is 0.0224. The third-order valence-corrected chi connectivity index (χ3v) is 5.92. The first-order chi connectivity index (χ1) is 14.5. The lowest BCUT2D eigenvalue weighted by molar-refractivity contribution is -0.155. The molecule has 154 valence electrons. The molecule has 2 aromatic rings. The number of nitrogens with two attached hydrogens (primary N) is 1. The first-order valence-corrected chi connectivity index (χ1v) is 10.1. The highest BCUT2D eigenvalue weighted by atomic mass is 16.5. The molecule has 0 saturated carbocycles. The first kappa shape index (κ1) is 18.9. The smallest absolute Gasteiger partial charge is 0.253 e. The summed E-state index contributed by atoms with van der Waals surface area (Å²) in [6.07, 6.45) is 0. The molecule has 5 rings (SSSR count). The third-order valence-electron chi connectivity index (χ3n) is 5.92. The second kappa shape index (κ2) is 7.30. The maximum Gasteiger partial charge on any atom is 0.253 e. The Balaban J connectivity index is 1.24. The van der Waals surface area contributed by atoms with Crippen LogP contribution in [-0.2, 0) is 9.53 Å². The number of rotatable bonds is 3. The fourth-order valence-corrected chi connectivity index (χ4v) is 4.01. The van der Waals surface area contributed by atoms with Crippen LogP contribution in [0.4, 0.5) is 0 Å². The predicted molar refractivity (Wildman–Crippen MR) is 109 cm³/mol. The number of amides is 2. The number of hydrogen-bond donors (Lipinski definition) is 1. The van der Waals surface area contributed by atoms with E-state index < -0.39 is 5.54 Å². The molecule has 2 N–H and O–H groups in total. The van der Waals surface area contributed by atoms with Crippen LogP contribution in [-0.4, -0.2) is 73.2 Å². The largest absolute Gasteiger partial charge is 0.376 e. The van der Waals surface area contributed by atoms with Crippen molar-refractivity contribution in [1.29, 1.82) is 0 Å². The molecule has 8 nitrogen and oxygen atoms in total. The summed E-state index contributed by atoms with van der Waals surface area (Å²) >= 11 is 0. The second-order valence-electron chi connectivity index (χ2n) is 7.97. The van der Waals surface area contributed by atoms with Crippen molar-refractivity contribution in [2.45, 2.75) is 5.54 Å². The molecular formula is C22H23N5O3. The topological polar surface area (TPSA) is 101 Å². The summed E-state index contributed by atoms with van der Waals surface area (Å²) in [5.41, 5.74) is 7.88. The van der Waals surface area contributed by atoms with Crippen molar-refractivity contribution in [2.75, 3.05) is 46.1 Å². The van der Waals surface area contributed by atoms with Crippen LogP contribution < -0.4 is 16.4 Å². The van der Waals surface area contributed by atoms with Crippen LogP contribution in [0.15, 0.2) is 52.4 Å². The van der Waals surface area contributed by atoms with Gasteiger partial charge in [-0.2, -0.15) is 0 Å². The Morgan fingerprint density at radius 3 is 2.17 bits per heavy atom. The van der Waals surface area contributed by atoms with Gasteiger partial charge in [-0.1, -0.05) is 18.2 Å². The Bertz CT molecular complexity index is 1120. The van der Waals surface area contributed by atoms with Crippen LogP contribution in [0.3, 0.4) is 0 Å². The summed E-state index contributed by atoms with van der Waals surface area (Å²) in [5, 5.41) is 1.83. The van der Waals surface area contributed by atoms with Crippen LogP contribution in [0.2, 0.25) is 0 Å². The quantitative estimate of drug-likeness (QED) is 0.749. The SMILES string of the molecule is NC1(C(=O)N2CCN(C(=O)c3ccc(-c4ccc5c(c4)=NCN=5)cc3)CC2)COC1. The molecule has 0 aromatic heterocycles. The highest BCUT2D eigenvalue weighted by molar-refractivity contribution is 5.95. The predicted octanol–water partition coefficient (Wildman–Crippen LogP) is -0.424. The van der Waals surface area contributed by atoms with Crippen LogP contribution in [0.5, 0.6) is 0 Å². The van der Waals surface area contributed by atoms with Gasteiger partial charge in [0.15, 0.2) is 0 Å². The van der Waals surface area contributed by atoms with Crippen molar-refractivity contribution in [3.63, 3.8) is 0 Å². The number of ether oxygens (including phenoxy) is 1. The third kappa shape index (κ3) is 3.28. The Morgan fingerprint density at radius 1 is 0.867 bits per heavy atom. The number of carbonyl (C=O) groups excluding carboxylic acids is 2. The molecule has 0 aliphatic carbocycles. The molecule has 2 amide bonds. The highest BCUT2D eigenvalue weighted by Gasteiger charge is 2.45. The molecule has 3 aliphatic rings. The van der Waals surface area contributed by atoms with Crippen molar-refractivity contribution < 1.29 is 14.3 Å². The molecular weight excluding hydrogens is 382 g/mol. The molecule has 2 fully saturated rings. The van der Waals surface area contributed by atoms with Gasteiger partial charge in [0.2, 0.25) is 5.91 Å². The van der Waals surface area contributed by atoms with Crippen molar-refractivity contribution in [3.8, 4) is 11.1 Å². The molecule has 30 heavy (non-hydrogen) atoms. The van der Waals surface area contributed by atoms with Gasteiger partial charge < -0.3 is 20.3 Å². The van der Waals surface area contributed by atoms with Crippen molar-refractivity contribution in [2.24, 2.45) is 15.7 Å². The van der Waals surface area contributed by atoms with Crippen LogP contribution in [0.25, 0.3) is 11.1 Å². The number of fused-ring (bicyclic) bond motifs is 1. The summed E-state index contributed by atoms with van der Waals surface area (Å²) < 4.78 is 5.08. The van der Waals surface area contributed by atoms with Crippen LogP contribution >= 0.6 is 0 Å². The van der Waals surface area contributed by atoms with Gasteiger partial charge in [-0.05, 0) is 35.4 Å². The summed E-state index contributed by atoms with van der Waals surface area (Å²) in [7, 11) is 0. The van der Waals surface area contributed by atoms with Crippen molar-refractivity contribution in [3.05, 3.63) is 58.7 Å². The van der Waals surface area contributed by atoms with Gasteiger partial charge in [0.25, 0.3) is 5.91 Å². The van der Waals surface area contributed by atoms with Gasteiger partial charge in [0.05, 0.1) is 23.9 Å². The first-order valence-electron chi connectivity index (χ1n) is 10.1. The zero-order valence-corrected chi connectivity index (χ0v) is 16.6. The number of piperazine rings is 1. The Morgan fingerprint density at radius 2 is 1.50 bits per heavy atom. The number of carbonyl (C=O) groups is 2. The molecule has 0 bridgehead atoms. The Hall–Kier alpha value is -3.10. The van der Waals surface area contributed by atoms with E-state index in [0.29, 0.717) is 38.4 Å². The van der Waals surface area contributed by atoms with Gasteiger partial charge in [-0.25, -0.2) is 0 Å². The van der Waals surface area contributed by atoms with E-state index in [2.05, 4.69) is 9.98 Å². The lowest BCUT2D eigenvalue weighted by Crippen LogP contribution is -2.68. The Labute approximate surface area is 173 Å². The van der Waals surface area contributed by atoms with Crippen LogP contribution in [0.1, 0.15) is 10.4 Å². The molecule has 0 atom stereocenters. The molecule has 8 heteroatoms. The number of nitrogens with zero attached hydrogens (tertiary/aromatic N) is 4. The van der Waals surface area contributed by atoms with Gasteiger partial charge >= 0.3 is 0 Å². The Kier molecular flexibility index (Phi) is 4.60. The van der Waals surface area contributed by atoms with Gasteiger partial charge in [-0.15, -0.1) is 0 Å². The fraction of sp³-hybridized carbons (Fsp3) is 0.364. The standard InChI is InChI=1S/C22H23N5O3/c23-22(12-30-13-22)21(29)27-9-7-26(8-10-27)20(28)16-3-1-15(2-4-16)17-5-6-18-19(11-17)25-14-24-18/h1-6,11H,7-10,12-14,23H2. The zero-order valence-electron chi connectivity index (χ0n) is 16.6. The fourth-order valence-electron chi connectivity index (χ4n) is 4.01. The van der Waals surface area contributed by atoms with E-state index in [0.717, 1.165) is 21.8 Å². The lowest BCUT2D eigenvalue weighted by atomic mass is 9.96. The lowest BCUT2D eigenvalue weighted by Gasteiger charge is -2.43. The van der Waals surface area contributed by atoms with Gasteiger partial charge in [0, 0.05) is 31.7 Å². The van der Waals surface area contributed by atoms with Crippen LogP contribution in [0, 0.1) is 0 Å². The molecule has 3 heterocycles. The zero-order chi connectivity index (χ0) is 20.7. The minimum atomic E-state index is -0.888. The average molecular weight is 405 g/mol. The second-order valence-corrected chi connectivity index (χ2v) is 7.97.